The van der Waals surface area contributed by atoms with E-state index in [0.29, 0.717) is 18.0 Å². The Morgan fingerprint density at radius 2 is 1.85 bits per heavy atom. The second-order valence-corrected chi connectivity index (χ2v) is 5.99. The molecule has 106 valence electrons. The van der Waals surface area contributed by atoms with E-state index in [1.165, 1.54) is 12.1 Å². The Morgan fingerprint density at radius 3 is 2.50 bits per heavy atom. The molecule has 6 heteroatoms. The van der Waals surface area contributed by atoms with E-state index >= 15 is 0 Å². The number of nitrogens with one attached hydrogen (secondary N) is 1. The molecule has 2 aromatic rings. The van der Waals surface area contributed by atoms with Crippen molar-refractivity contribution in [2.45, 2.75) is 11.5 Å². The number of nitrogens with two attached hydrogens (primary N) is 1. The van der Waals surface area contributed by atoms with Gasteiger partial charge in [-0.2, -0.15) is 0 Å². The van der Waals surface area contributed by atoms with Crippen LogP contribution in [0.1, 0.15) is 5.56 Å². The summed E-state index contributed by atoms with van der Waals surface area (Å²) >= 11 is 0. The SMILES string of the molecule is COCc1cccc(NS(=O)(=O)c2ccc(N)cc2)c1. The highest BCUT2D eigenvalue weighted by atomic mass is 32.2. The summed E-state index contributed by atoms with van der Waals surface area (Å²) in [5.41, 5.74) is 7.46. The first-order valence-electron chi connectivity index (χ1n) is 5.97. The van der Waals surface area contributed by atoms with E-state index in [1.54, 1.807) is 37.4 Å². The Balaban J connectivity index is 2.24. The Morgan fingerprint density at radius 1 is 1.15 bits per heavy atom. The van der Waals surface area contributed by atoms with Gasteiger partial charge < -0.3 is 10.5 Å². The second kappa shape index (κ2) is 5.94. The normalized spacial score (nSPS) is 11.2. The van der Waals surface area contributed by atoms with Gasteiger partial charge in [0.05, 0.1) is 11.5 Å². The van der Waals surface area contributed by atoms with Crippen molar-refractivity contribution in [3.63, 3.8) is 0 Å². The molecule has 0 fully saturated rings. The molecular formula is C14H16N2O3S. The number of sulfonamides is 1. The summed E-state index contributed by atoms with van der Waals surface area (Å²) in [5, 5.41) is 0. The van der Waals surface area contributed by atoms with E-state index in [9.17, 15) is 8.42 Å². The molecular weight excluding hydrogens is 276 g/mol. The van der Waals surface area contributed by atoms with Crippen LogP contribution in [0.25, 0.3) is 0 Å². The van der Waals surface area contributed by atoms with Gasteiger partial charge in [0.1, 0.15) is 0 Å². The Labute approximate surface area is 118 Å². The van der Waals surface area contributed by atoms with Crippen molar-refractivity contribution in [1.82, 2.24) is 0 Å². The summed E-state index contributed by atoms with van der Waals surface area (Å²) in [7, 11) is -2.02. The summed E-state index contributed by atoms with van der Waals surface area (Å²) in [6, 6.07) is 13.1. The lowest BCUT2D eigenvalue weighted by atomic mass is 10.2. The lowest BCUT2D eigenvalue weighted by Gasteiger charge is -2.09. The first kappa shape index (κ1) is 14.4. The zero-order valence-corrected chi connectivity index (χ0v) is 11.9. The average Bonchev–Trinajstić information content (AvgIpc) is 2.39. The fourth-order valence-corrected chi connectivity index (χ4v) is 2.80. The van der Waals surface area contributed by atoms with Gasteiger partial charge in [0.2, 0.25) is 0 Å². The van der Waals surface area contributed by atoms with Gasteiger partial charge in [-0.1, -0.05) is 12.1 Å². The minimum Gasteiger partial charge on any atom is -0.399 e. The van der Waals surface area contributed by atoms with Gasteiger partial charge in [-0.05, 0) is 42.0 Å². The summed E-state index contributed by atoms with van der Waals surface area (Å²) in [4.78, 5) is 0.170. The zero-order chi connectivity index (χ0) is 14.6. The molecule has 0 spiro atoms. The summed E-state index contributed by atoms with van der Waals surface area (Å²) < 4.78 is 31.9. The highest BCUT2D eigenvalue weighted by Gasteiger charge is 2.13. The number of benzene rings is 2. The first-order valence-corrected chi connectivity index (χ1v) is 7.46. The lowest BCUT2D eigenvalue weighted by molar-refractivity contribution is 0.185. The van der Waals surface area contributed by atoms with Gasteiger partial charge >= 0.3 is 0 Å². The number of nitrogen functional groups attached to an aromatic ring is 1. The first-order chi connectivity index (χ1) is 9.51. The maximum absolute atomic E-state index is 12.2. The van der Waals surface area contributed by atoms with Crippen LogP contribution >= 0.6 is 0 Å². The largest absolute Gasteiger partial charge is 0.399 e. The van der Waals surface area contributed by atoms with Gasteiger partial charge in [-0.25, -0.2) is 8.42 Å². The molecule has 0 bridgehead atoms. The molecule has 0 amide bonds. The number of rotatable bonds is 5. The maximum atomic E-state index is 12.2. The highest BCUT2D eigenvalue weighted by Crippen LogP contribution is 2.18. The molecule has 0 aromatic heterocycles. The van der Waals surface area contributed by atoms with Crippen molar-refractivity contribution in [2.75, 3.05) is 17.6 Å². The molecule has 0 saturated heterocycles. The molecule has 0 saturated carbocycles. The molecule has 0 aliphatic rings. The second-order valence-electron chi connectivity index (χ2n) is 4.31. The summed E-state index contributed by atoms with van der Waals surface area (Å²) in [6.07, 6.45) is 0. The van der Waals surface area contributed by atoms with E-state index < -0.39 is 10.0 Å². The summed E-state index contributed by atoms with van der Waals surface area (Å²) in [6.45, 7) is 0.428. The molecule has 5 nitrogen and oxygen atoms in total. The fraction of sp³-hybridized carbons (Fsp3) is 0.143. The predicted molar refractivity (Wildman–Crippen MR) is 78.8 cm³/mol. The topological polar surface area (TPSA) is 81.4 Å². The molecule has 3 N–H and O–H groups in total. The van der Waals surface area contributed by atoms with Crippen molar-refractivity contribution >= 4 is 21.4 Å². The van der Waals surface area contributed by atoms with Crippen molar-refractivity contribution in [3.8, 4) is 0 Å². The van der Waals surface area contributed by atoms with E-state index in [1.807, 2.05) is 6.07 Å². The Bertz CT molecular complexity index is 682. The molecule has 0 heterocycles. The van der Waals surface area contributed by atoms with Gasteiger partial charge in [-0.15, -0.1) is 0 Å². The van der Waals surface area contributed by atoms with Gasteiger partial charge in [0, 0.05) is 18.5 Å². The summed E-state index contributed by atoms with van der Waals surface area (Å²) in [5.74, 6) is 0. The predicted octanol–water partition coefficient (Wildman–Crippen LogP) is 2.22. The van der Waals surface area contributed by atoms with E-state index in [0.717, 1.165) is 5.56 Å². The van der Waals surface area contributed by atoms with Crippen molar-refractivity contribution in [3.05, 3.63) is 54.1 Å². The Kier molecular flexibility index (Phi) is 4.26. The minimum absolute atomic E-state index is 0.170. The molecule has 0 atom stereocenters. The van der Waals surface area contributed by atoms with Gasteiger partial charge in [-0.3, -0.25) is 4.72 Å². The minimum atomic E-state index is -3.61. The van der Waals surface area contributed by atoms with Crippen molar-refractivity contribution < 1.29 is 13.2 Å². The van der Waals surface area contributed by atoms with Crippen LogP contribution in [0.4, 0.5) is 11.4 Å². The lowest BCUT2D eigenvalue weighted by Crippen LogP contribution is -2.13. The number of anilines is 2. The van der Waals surface area contributed by atoms with Crippen LogP contribution in [0.15, 0.2) is 53.4 Å². The highest BCUT2D eigenvalue weighted by molar-refractivity contribution is 7.92. The smallest absolute Gasteiger partial charge is 0.261 e. The molecule has 0 radical (unpaired) electrons. The van der Waals surface area contributed by atoms with E-state index in [2.05, 4.69) is 4.72 Å². The van der Waals surface area contributed by atoms with Crippen molar-refractivity contribution in [1.29, 1.82) is 0 Å². The standard InChI is InChI=1S/C14H16N2O3S/c1-19-10-11-3-2-4-13(9-11)16-20(17,18)14-7-5-12(15)6-8-14/h2-9,16H,10,15H2,1H3. The molecule has 0 aliphatic heterocycles. The van der Waals surface area contributed by atoms with Crippen LogP contribution in [0.2, 0.25) is 0 Å². The molecule has 0 unspecified atom stereocenters. The molecule has 20 heavy (non-hydrogen) atoms. The number of methoxy groups -OCH3 is 1. The number of hydrogen-bond donors (Lipinski definition) is 2. The van der Waals surface area contributed by atoms with Crippen LogP contribution in [-0.4, -0.2) is 15.5 Å². The van der Waals surface area contributed by atoms with Crippen LogP contribution < -0.4 is 10.5 Å². The third kappa shape index (κ3) is 3.49. The molecule has 0 aliphatic carbocycles. The van der Waals surface area contributed by atoms with Crippen LogP contribution in [0, 0.1) is 0 Å². The molecule has 2 rings (SSSR count). The fourth-order valence-electron chi connectivity index (χ4n) is 1.75. The van der Waals surface area contributed by atoms with Crippen molar-refractivity contribution in [2.24, 2.45) is 0 Å². The number of hydrogen-bond acceptors (Lipinski definition) is 4. The monoisotopic (exact) mass is 292 g/mol. The maximum Gasteiger partial charge on any atom is 0.261 e. The Hall–Kier alpha value is -2.05. The average molecular weight is 292 g/mol. The van der Waals surface area contributed by atoms with Gasteiger partial charge in [0.25, 0.3) is 10.0 Å². The third-order valence-corrected chi connectivity index (χ3v) is 4.08. The van der Waals surface area contributed by atoms with Crippen LogP contribution in [0.3, 0.4) is 0 Å². The number of ether oxygens (including phenoxy) is 1. The zero-order valence-electron chi connectivity index (χ0n) is 11.0. The van der Waals surface area contributed by atoms with E-state index in [-0.39, 0.29) is 4.90 Å². The quantitative estimate of drug-likeness (QED) is 0.828. The van der Waals surface area contributed by atoms with Crippen LogP contribution in [-0.2, 0) is 21.4 Å². The van der Waals surface area contributed by atoms with E-state index in [4.69, 9.17) is 10.5 Å². The third-order valence-electron chi connectivity index (χ3n) is 2.68. The van der Waals surface area contributed by atoms with Crippen LogP contribution in [0.5, 0.6) is 0 Å². The molecule has 2 aromatic carbocycles. The van der Waals surface area contributed by atoms with Gasteiger partial charge in [0.15, 0.2) is 0 Å².